The van der Waals surface area contributed by atoms with Crippen molar-refractivity contribution in [2.45, 2.75) is 12.6 Å². The molecule has 0 aliphatic heterocycles. The van der Waals surface area contributed by atoms with E-state index in [0.29, 0.717) is 28.8 Å². The lowest BCUT2D eigenvalue weighted by molar-refractivity contribution is 0.0696. The molecule has 5 aromatic rings. The number of carbonyl (C=O) groups excluding carboxylic acids is 1. The Labute approximate surface area is 194 Å². The molecule has 0 aliphatic rings. The minimum Gasteiger partial charge on any atom is -0.478 e. The number of benzene rings is 4. The molecule has 3 N–H and O–H groups in total. The topological polar surface area (TPSA) is 113 Å². The van der Waals surface area contributed by atoms with E-state index in [4.69, 9.17) is 9.52 Å². The molecule has 0 spiro atoms. The fourth-order valence-electron chi connectivity index (χ4n) is 3.87. The molecular formula is C27H20N2O5. The van der Waals surface area contributed by atoms with Crippen LogP contribution in [0.15, 0.2) is 89.7 Å². The molecule has 0 aliphatic carbocycles. The van der Waals surface area contributed by atoms with E-state index in [9.17, 15) is 14.7 Å². The zero-order valence-electron chi connectivity index (χ0n) is 17.9. The molecule has 4 aromatic carbocycles. The lowest BCUT2D eigenvalue weighted by Crippen LogP contribution is -2.22. The van der Waals surface area contributed by atoms with Gasteiger partial charge in [0.2, 0.25) is 0 Å². The van der Waals surface area contributed by atoms with E-state index in [0.717, 1.165) is 21.9 Å². The first-order chi connectivity index (χ1) is 16.5. The zero-order chi connectivity index (χ0) is 23.7. The standard InChI is InChI=1S/C27H20N2O5/c30-25(18-4-6-19(7-5-18)27(32)33)20-8-2-17-3-9-21(13-22(17)12-20)26(31)28-14-16-1-10-24-23(11-16)29-15-34-24/h1-13,15,25,30H,14H2,(H,28,31)(H,32,33). The molecule has 7 nitrogen and oxygen atoms in total. The van der Waals surface area contributed by atoms with Crippen LogP contribution in [0.3, 0.4) is 0 Å². The van der Waals surface area contributed by atoms with Gasteiger partial charge in [0.05, 0.1) is 5.56 Å². The number of hydrogen-bond donors (Lipinski definition) is 3. The summed E-state index contributed by atoms with van der Waals surface area (Å²) in [5.74, 6) is -1.23. The van der Waals surface area contributed by atoms with Gasteiger partial charge in [0.25, 0.3) is 5.91 Å². The largest absolute Gasteiger partial charge is 0.478 e. The first-order valence-corrected chi connectivity index (χ1v) is 10.6. The molecule has 7 heteroatoms. The predicted molar refractivity (Wildman–Crippen MR) is 127 cm³/mol. The fraction of sp³-hybridized carbons (Fsp3) is 0.0741. The number of aliphatic hydroxyl groups is 1. The van der Waals surface area contributed by atoms with Gasteiger partial charge in [0, 0.05) is 12.1 Å². The monoisotopic (exact) mass is 452 g/mol. The highest BCUT2D eigenvalue weighted by Crippen LogP contribution is 2.26. The van der Waals surface area contributed by atoms with Crippen molar-refractivity contribution >= 4 is 33.7 Å². The normalized spacial score (nSPS) is 12.0. The Morgan fingerprint density at radius 3 is 2.38 bits per heavy atom. The number of nitrogens with zero attached hydrogens (tertiary/aromatic N) is 1. The van der Waals surface area contributed by atoms with Crippen molar-refractivity contribution in [2.75, 3.05) is 0 Å². The van der Waals surface area contributed by atoms with Crippen LogP contribution in [0.5, 0.6) is 0 Å². The van der Waals surface area contributed by atoms with Crippen molar-refractivity contribution in [3.63, 3.8) is 0 Å². The Hall–Kier alpha value is -4.49. The molecule has 1 amide bonds. The summed E-state index contributed by atoms with van der Waals surface area (Å²) in [5.41, 5.74) is 4.24. The molecular weight excluding hydrogens is 432 g/mol. The van der Waals surface area contributed by atoms with E-state index in [1.165, 1.54) is 18.5 Å². The number of aromatic nitrogens is 1. The average Bonchev–Trinajstić information content (AvgIpc) is 3.34. The summed E-state index contributed by atoms with van der Waals surface area (Å²) in [6.07, 6.45) is 0.467. The van der Waals surface area contributed by atoms with Gasteiger partial charge < -0.3 is 19.9 Å². The van der Waals surface area contributed by atoms with Crippen molar-refractivity contribution in [3.8, 4) is 0 Å². The molecule has 0 saturated carbocycles. The Balaban J connectivity index is 1.34. The van der Waals surface area contributed by atoms with Crippen molar-refractivity contribution in [3.05, 3.63) is 113 Å². The highest BCUT2D eigenvalue weighted by Gasteiger charge is 2.13. The number of amides is 1. The summed E-state index contributed by atoms with van der Waals surface area (Å²) < 4.78 is 5.24. The maximum atomic E-state index is 12.8. The minimum atomic E-state index is -1.02. The van der Waals surface area contributed by atoms with E-state index in [1.807, 2.05) is 42.5 Å². The molecule has 0 fully saturated rings. The van der Waals surface area contributed by atoms with Crippen LogP contribution >= 0.6 is 0 Å². The maximum absolute atomic E-state index is 12.8. The van der Waals surface area contributed by atoms with Crippen LogP contribution < -0.4 is 5.32 Å². The Morgan fingerprint density at radius 1 is 0.853 bits per heavy atom. The second-order valence-electron chi connectivity index (χ2n) is 7.99. The van der Waals surface area contributed by atoms with Crippen molar-refractivity contribution in [1.82, 2.24) is 10.3 Å². The van der Waals surface area contributed by atoms with Crippen LogP contribution in [-0.2, 0) is 6.54 Å². The Kier molecular flexibility index (Phi) is 5.53. The number of nitrogens with one attached hydrogen (secondary N) is 1. The van der Waals surface area contributed by atoms with Gasteiger partial charge in [-0.3, -0.25) is 4.79 Å². The van der Waals surface area contributed by atoms with Crippen LogP contribution in [0.1, 0.15) is 43.5 Å². The summed E-state index contributed by atoms with van der Waals surface area (Å²) in [4.78, 5) is 27.9. The Bertz CT molecular complexity index is 1520. The summed E-state index contributed by atoms with van der Waals surface area (Å²) >= 11 is 0. The van der Waals surface area contributed by atoms with Gasteiger partial charge >= 0.3 is 5.97 Å². The molecule has 1 heterocycles. The quantitative estimate of drug-likeness (QED) is 0.345. The number of aliphatic hydroxyl groups excluding tert-OH is 1. The van der Waals surface area contributed by atoms with Gasteiger partial charge in [0.15, 0.2) is 12.0 Å². The minimum absolute atomic E-state index is 0.158. The SMILES string of the molecule is O=C(O)c1ccc(C(O)c2ccc3ccc(C(=O)NCc4ccc5ocnc5c4)cc3c2)cc1. The third kappa shape index (κ3) is 4.24. The molecule has 34 heavy (non-hydrogen) atoms. The van der Waals surface area contributed by atoms with Gasteiger partial charge in [-0.15, -0.1) is 0 Å². The molecule has 1 unspecified atom stereocenters. The second-order valence-corrected chi connectivity index (χ2v) is 7.99. The number of hydrogen-bond acceptors (Lipinski definition) is 5. The van der Waals surface area contributed by atoms with E-state index < -0.39 is 12.1 Å². The molecule has 0 saturated heterocycles. The number of oxazole rings is 1. The number of rotatable bonds is 6. The summed E-state index contributed by atoms with van der Waals surface area (Å²) in [5, 5.41) is 24.5. The Morgan fingerprint density at radius 2 is 1.59 bits per heavy atom. The predicted octanol–water partition coefficient (Wildman–Crippen LogP) is 4.69. The lowest BCUT2D eigenvalue weighted by Gasteiger charge is -2.13. The molecule has 5 rings (SSSR count). The van der Waals surface area contributed by atoms with Crippen LogP contribution in [0.25, 0.3) is 21.9 Å². The summed E-state index contributed by atoms with van der Waals surface area (Å²) in [6, 6.07) is 22.6. The zero-order valence-corrected chi connectivity index (χ0v) is 17.9. The maximum Gasteiger partial charge on any atom is 0.335 e. The van der Waals surface area contributed by atoms with Crippen molar-refractivity contribution in [1.29, 1.82) is 0 Å². The molecule has 0 radical (unpaired) electrons. The highest BCUT2D eigenvalue weighted by atomic mass is 16.4. The van der Waals surface area contributed by atoms with E-state index in [1.54, 1.807) is 24.3 Å². The first-order valence-electron chi connectivity index (χ1n) is 10.6. The average molecular weight is 452 g/mol. The molecule has 168 valence electrons. The van der Waals surface area contributed by atoms with Gasteiger partial charge in [-0.1, -0.05) is 36.4 Å². The molecule has 1 aromatic heterocycles. The van der Waals surface area contributed by atoms with Crippen LogP contribution in [-0.4, -0.2) is 27.1 Å². The number of carbonyl (C=O) groups is 2. The second kappa shape index (κ2) is 8.80. The third-order valence-corrected chi connectivity index (χ3v) is 5.76. The van der Waals surface area contributed by atoms with Crippen LogP contribution in [0.4, 0.5) is 0 Å². The van der Waals surface area contributed by atoms with Gasteiger partial charge in [-0.25, -0.2) is 9.78 Å². The van der Waals surface area contributed by atoms with Crippen molar-refractivity contribution < 1.29 is 24.2 Å². The van der Waals surface area contributed by atoms with Gasteiger partial charge in [0.1, 0.15) is 11.6 Å². The van der Waals surface area contributed by atoms with Crippen LogP contribution in [0, 0.1) is 0 Å². The van der Waals surface area contributed by atoms with E-state index >= 15 is 0 Å². The number of aromatic carboxylic acids is 1. The third-order valence-electron chi connectivity index (χ3n) is 5.76. The summed E-state index contributed by atoms with van der Waals surface area (Å²) in [6.45, 7) is 0.352. The van der Waals surface area contributed by atoms with Gasteiger partial charge in [-0.2, -0.15) is 0 Å². The molecule has 1 atom stereocenters. The van der Waals surface area contributed by atoms with Crippen LogP contribution in [0.2, 0.25) is 0 Å². The highest BCUT2D eigenvalue weighted by molar-refractivity contribution is 5.98. The smallest absolute Gasteiger partial charge is 0.335 e. The first kappa shape index (κ1) is 21.4. The molecule has 0 bridgehead atoms. The lowest BCUT2D eigenvalue weighted by atomic mass is 9.97. The number of carboxylic acids is 1. The number of carboxylic acid groups (broad SMARTS) is 1. The van der Waals surface area contributed by atoms with E-state index in [-0.39, 0.29) is 11.5 Å². The van der Waals surface area contributed by atoms with E-state index in [2.05, 4.69) is 10.3 Å². The fourth-order valence-corrected chi connectivity index (χ4v) is 3.87. The number of fused-ring (bicyclic) bond motifs is 2. The van der Waals surface area contributed by atoms with Crippen molar-refractivity contribution in [2.24, 2.45) is 0 Å². The van der Waals surface area contributed by atoms with Gasteiger partial charge in [-0.05, 0) is 69.9 Å². The summed E-state index contributed by atoms with van der Waals surface area (Å²) in [7, 11) is 0.